The molecule has 0 unspecified atom stereocenters. The zero-order chi connectivity index (χ0) is 19.9. The molecule has 148 valence electrons. The minimum Gasteiger partial charge on any atom is -0.382 e. The zero-order valence-corrected chi connectivity index (χ0v) is 16.3. The van der Waals surface area contributed by atoms with E-state index in [0.29, 0.717) is 73.1 Å². The summed E-state index contributed by atoms with van der Waals surface area (Å²) in [7, 11) is 0. The Labute approximate surface area is 165 Å². The van der Waals surface area contributed by atoms with E-state index in [1.54, 1.807) is 24.3 Å². The van der Waals surface area contributed by atoms with Crippen LogP contribution >= 0.6 is 0 Å². The van der Waals surface area contributed by atoms with Crippen LogP contribution in [0.2, 0.25) is 0 Å². The van der Waals surface area contributed by atoms with Crippen molar-refractivity contribution in [1.29, 1.82) is 0 Å². The maximum Gasteiger partial charge on any atom is 0.196 e. The highest BCUT2D eigenvalue weighted by Crippen LogP contribution is 2.36. The lowest BCUT2D eigenvalue weighted by molar-refractivity contribution is 0.0980. The Bertz CT molecular complexity index is 794. The van der Waals surface area contributed by atoms with E-state index in [2.05, 4.69) is 10.6 Å². The van der Waals surface area contributed by atoms with Gasteiger partial charge in [-0.1, -0.05) is 24.3 Å². The second-order valence-corrected chi connectivity index (χ2v) is 6.36. The molecule has 0 heterocycles. The molecule has 6 heteroatoms. The second-order valence-electron chi connectivity index (χ2n) is 6.36. The average molecular weight is 382 g/mol. The molecule has 0 radical (unpaired) electrons. The molecule has 3 rings (SSSR count). The normalized spacial score (nSPS) is 12.5. The summed E-state index contributed by atoms with van der Waals surface area (Å²) in [6, 6.07) is 10.7. The van der Waals surface area contributed by atoms with E-state index in [9.17, 15) is 9.59 Å². The maximum absolute atomic E-state index is 13.2. The van der Waals surface area contributed by atoms with Crippen LogP contribution < -0.4 is 10.6 Å². The molecule has 0 saturated carbocycles. The fourth-order valence-electron chi connectivity index (χ4n) is 3.32. The largest absolute Gasteiger partial charge is 0.382 e. The number of benzene rings is 2. The van der Waals surface area contributed by atoms with Crippen LogP contribution in [0.5, 0.6) is 0 Å². The molecule has 28 heavy (non-hydrogen) atoms. The van der Waals surface area contributed by atoms with Gasteiger partial charge in [0.05, 0.1) is 24.3 Å². The first kappa shape index (κ1) is 20.0. The number of nitrogens with one attached hydrogen (secondary N) is 2. The van der Waals surface area contributed by atoms with Crippen molar-refractivity contribution in [1.82, 2.24) is 0 Å². The molecule has 0 amide bonds. The third-order valence-electron chi connectivity index (χ3n) is 4.61. The lowest BCUT2D eigenvalue weighted by Gasteiger charge is -2.24. The number of ether oxygens (including phenoxy) is 2. The highest BCUT2D eigenvalue weighted by Gasteiger charge is 2.33. The third kappa shape index (κ3) is 4.08. The van der Waals surface area contributed by atoms with Gasteiger partial charge in [0.15, 0.2) is 11.6 Å². The molecule has 0 aromatic heterocycles. The van der Waals surface area contributed by atoms with Gasteiger partial charge < -0.3 is 20.1 Å². The van der Waals surface area contributed by atoms with Gasteiger partial charge in [-0.3, -0.25) is 9.59 Å². The Balaban J connectivity index is 1.97. The summed E-state index contributed by atoms with van der Waals surface area (Å²) in [5.74, 6) is -0.282. The molecule has 2 N–H and O–H groups in total. The summed E-state index contributed by atoms with van der Waals surface area (Å²) in [6.45, 7) is 7.30. The fourth-order valence-corrected chi connectivity index (χ4v) is 3.32. The van der Waals surface area contributed by atoms with Crippen LogP contribution in [0.25, 0.3) is 0 Å². The van der Waals surface area contributed by atoms with Crippen LogP contribution in [0.3, 0.4) is 0 Å². The van der Waals surface area contributed by atoms with Crippen molar-refractivity contribution in [2.45, 2.75) is 13.8 Å². The molecule has 1 aliphatic rings. The Morgan fingerprint density at radius 1 is 0.714 bits per heavy atom. The van der Waals surface area contributed by atoms with Gasteiger partial charge in [0.25, 0.3) is 0 Å². The highest BCUT2D eigenvalue weighted by molar-refractivity contribution is 6.31. The monoisotopic (exact) mass is 382 g/mol. The first-order chi connectivity index (χ1) is 13.7. The van der Waals surface area contributed by atoms with E-state index in [1.165, 1.54) is 0 Å². The van der Waals surface area contributed by atoms with Crippen molar-refractivity contribution >= 4 is 22.9 Å². The molecule has 2 aromatic carbocycles. The van der Waals surface area contributed by atoms with Crippen LogP contribution in [0, 0.1) is 0 Å². The molecule has 0 saturated heterocycles. The van der Waals surface area contributed by atoms with Crippen molar-refractivity contribution in [3.05, 3.63) is 58.7 Å². The van der Waals surface area contributed by atoms with Crippen LogP contribution in [0.15, 0.2) is 36.4 Å². The predicted octanol–water partition coefficient (Wildman–Crippen LogP) is 3.36. The number of fused-ring (bicyclic) bond motifs is 2. The van der Waals surface area contributed by atoms with E-state index in [0.717, 1.165) is 0 Å². The van der Waals surface area contributed by atoms with Gasteiger partial charge >= 0.3 is 0 Å². The fraction of sp³-hybridized carbons (Fsp3) is 0.364. The molecular formula is C22H26N2O4. The smallest absolute Gasteiger partial charge is 0.196 e. The van der Waals surface area contributed by atoms with Crippen molar-refractivity contribution in [2.75, 3.05) is 50.2 Å². The Kier molecular flexibility index (Phi) is 6.79. The first-order valence-electron chi connectivity index (χ1n) is 9.67. The lowest BCUT2D eigenvalue weighted by atomic mass is 9.82. The second kappa shape index (κ2) is 9.48. The minimum atomic E-state index is -0.141. The van der Waals surface area contributed by atoms with E-state index >= 15 is 0 Å². The van der Waals surface area contributed by atoms with Crippen molar-refractivity contribution in [3.8, 4) is 0 Å². The molecular weight excluding hydrogens is 356 g/mol. The summed E-state index contributed by atoms with van der Waals surface area (Å²) in [5, 5.41) is 6.48. The number of rotatable bonds is 10. The van der Waals surface area contributed by atoms with Crippen molar-refractivity contribution < 1.29 is 19.1 Å². The summed E-state index contributed by atoms with van der Waals surface area (Å²) in [6.07, 6.45) is 0. The van der Waals surface area contributed by atoms with Crippen LogP contribution in [-0.2, 0) is 9.47 Å². The zero-order valence-electron chi connectivity index (χ0n) is 16.3. The predicted molar refractivity (Wildman–Crippen MR) is 110 cm³/mol. The van der Waals surface area contributed by atoms with Crippen molar-refractivity contribution in [2.24, 2.45) is 0 Å². The summed E-state index contributed by atoms with van der Waals surface area (Å²) in [4.78, 5) is 26.4. The van der Waals surface area contributed by atoms with Gasteiger partial charge in [-0.15, -0.1) is 0 Å². The molecule has 0 bridgehead atoms. The molecule has 2 aromatic rings. The first-order valence-corrected chi connectivity index (χ1v) is 9.67. The molecule has 0 aliphatic heterocycles. The van der Waals surface area contributed by atoms with Gasteiger partial charge in [-0.25, -0.2) is 0 Å². The lowest BCUT2D eigenvalue weighted by Crippen LogP contribution is -2.25. The van der Waals surface area contributed by atoms with Gasteiger partial charge in [-0.05, 0) is 26.0 Å². The number of carbonyl (C=O) groups excluding carboxylic acids is 2. The third-order valence-corrected chi connectivity index (χ3v) is 4.61. The van der Waals surface area contributed by atoms with Crippen LogP contribution in [-0.4, -0.2) is 51.1 Å². The van der Waals surface area contributed by atoms with Gasteiger partial charge in [0.1, 0.15) is 0 Å². The summed E-state index contributed by atoms with van der Waals surface area (Å²) in [5.41, 5.74) is 3.03. The molecule has 0 fully saturated rings. The number of carbonyl (C=O) groups is 2. The van der Waals surface area contributed by atoms with E-state index in [1.807, 2.05) is 26.0 Å². The number of anilines is 2. The molecule has 0 atom stereocenters. The maximum atomic E-state index is 13.2. The number of hydrogen-bond acceptors (Lipinski definition) is 6. The average Bonchev–Trinajstić information content (AvgIpc) is 2.72. The van der Waals surface area contributed by atoms with Crippen molar-refractivity contribution in [3.63, 3.8) is 0 Å². The minimum absolute atomic E-state index is 0.141. The topological polar surface area (TPSA) is 76.7 Å². The van der Waals surface area contributed by atoms with E-state index < -0.39 is 0 Å². The molecule has 1 aliphatic carbocycles. The highest BCUT2D eigenvalue weighted by atomic mass is 16.5. The SMILES string of the molecule is CCOCCNc1ccc(NCCOCC)c2c1C(=O)c1ccccc1C2=O. The van der Waals surface area contributed by atoms with E-state index in [-0.39, 0.29) is 11.6 Å². The number of hydrogen-bond donors (Lipinski definition) is 2. The van der Waals surface area contributed by atoms with Gasteiger partial charge in [-0.2, -0.15) is 0 Å². The van der Waals surface area contributed by atoms with Gasteiger partial charge in [0, 0.05) is 48.8 Å². The quantitative estimate of drug-likeness (QED) is 0.524. The Morgan fingerprint density at radius 2 is 1.14 bits per heavy atom. The van der Waals surface area contributed by atoms with Gasteiger partial charge in [0.2, 0.25) is 0 Å². The van der Waals surface area contributed by atoms with Crippen LogP contribution in [0.1, 0.15) is 45.7 Å². The summed E-state index contributed by atoms with van der Waals surface area (Å²) < 4.78 is 10.7. The van der Waals surface area contributed by atoms with E-state index in [4.69, 9.17) is 9.47 Å². The Hall–Kier alpha value is -2.70. The van der Waals surface area contributed by atoms with Crippen LogP contribution in [0.4, 0.5) is 11.4 Å². The summed E-state index contributed by atoms with van der Waals surface area (Å²) >= 11 is 0. The number of ketones is 2. The Morgan fingerprint density at radius 3 is 1.54 bits per heavy atom. The molecule has 0 spiro atoms. The standard InChI is InChI=1S/C22H26N2O4/c1-3-27-13-11-23-17-9-10-18(24-12-14-28-4-2)20-19(17)21(25)15-7-5-6-8-16(15)22(20)26/h5-10,23-24H,3-4,11-14H2,1-2H3. The molecule has 6 nitrogen and oxygen atoms in total.